The Bertz CT molecular complexity index is 438. The number of hydrogen-bond donors (Lipinski definition) is 1. The highest BCUT2D eigenvalue weighted by molar-refractivity contribution is 5.70. The van der Waals surface area contributed by atoms with Gasteiger partial charge in [0, 0.05) is 25.8 Å². The van der Waals surface area contributed by atoms with Gasteiger partial charge in [-0.3, -0.25) is 14.7 Å². The van der Waals surface area contributed by atoms with Gasteiger partial charge in [0.2, 0.25) is 0 Å². The number of carboxylic acids is 1. The summed E-state index contributed by atoms with van der Waals surface area (Å²) in [7, 11) is 1.60. The van der Waals surface area contributed by atoms with Crippen molar-refractivity contribution in [2.24, 2.45) is 5.92 Å². The van der Waals surface area contributed by atoms with E-state index in [2.05, 4.69) is 4.98 Å². The average molecular weight is 266 g/mol. The van der Waals surface area contributed by atoms with Gasteiger partial charge in [0.05, 0.1) is 31.9 Å². The summed E-state index contributed by atoms with van der Waals surface area (Å²) in [6.07, 6.45) is 1.71. The molecule has 0 amide bonds. The van der Waals surface area contributed by atoms with Gasteiger partial charge in [-0.2, -0.15) is 0 Å². The molecule has 0 bridgehead atoms. The number of methoxy groups -OCH3 is 1. The smallest absolute Gasteiger partial charge is 0.310 e. The third-order valence-corrected chi connectivity index (χ3v) is 3.14. The predicted molar refractivity (Wildman–Crippen MR) is 68.0 cm³/mol. The van der Waals surface area contributed by atoms with E-state index >= 15 is 0 Å². The standard InChI is InChI=1S/C13H18N2O4/c1-18-12-3-2-4-14-11(12)8-15-5-6-19-9-10(7-15)13(16)17/h2-4,10H,5-9H2,1H3,(H,16,17). The third kappa shape index (κ3) is 3.65. The minimum atomic E-state index is -0.820. The van der Waals surface area contributed by atoms with Crippen LogP contribution in [0.15, 0.2) is 18.3 Å². The lowest BCUT2D eigenvalue weighted by Gasteiger charge is -2.21. The number of rotatable bonds is 4. The maximum atomic E-state index is 11.1. The summed E-state index contributed by atoms with van der Waals surface area (Å²) in [5.41, 5.74) is 0.816. The maximum absolute atomic E-state index is 11.1. The first-order chi connectivity index (χ1) is 9.20. The lowest BCUT2D eigenvalue weighted by molar-refractivity contribution is -0.143. The lowest BCUT2D eigenvalue weighted by Crippen LogP contribution is -2.33. The fourth-order valence-corrected chi connectivity index (χ4v) is 2.11. The molecular formula is C13H18N2O4. The highest BCUT2D eigenvalue weighted by atomic mass is 16.5. The molecular weight excluding hydrogens is 248 g/mol. The van der Waals surface area contributed by atoms with E-state index < -0.39 is 11.9 Å². The van der Waals surface area contributed by atoms with Crippen LogP contribution < -0.4 is 4.74 Å². The normalized spacial score (nSPS) is 20.8. The van der Waals surface area contributed by atoms with Crippen molar-refractivity contribution in [3.8, 4) is 5.75 Å². The van der Waals surface area contributed by atoms with E-state index in [9.17, 15) is 4.79 Å². The molecule has 19 heavy (non-hydrogen) atoms. The summed E-state index contributed by atoms with van der Waals surface area (Å²) in [6.45, 7) is 2.54. The first-order valence-corrected chi connectivity index (χ1v) is 6.21. The van der Waals surface area contributed by atoms with E-state index in [1.807, 2.05) is 17.0 Å². The van der Waals surface area contributed by atoms with Crippen molar-refractivity contribution in [2.75, 3.05) is 33.4 Å². The van der Waals surface area contributed by atoms with Crippen molar-refractivity contribution < 1.29 is 19.4 Å². The Balaban J connectivity index is 2.06. The van der Waals surface area contributed by atoms with Crippen LogP contribution in [0.1, 0.15) is 5.69 Å². The van der Waals surface area contributed by atoms with Crippen LogP contribution in [0, 0.1) is 5.92 Å². The summed E-state index contributed by atoms with van der Waals surface area (Å²) in [5, 5.41) is 9.10. The fraction of sp³-hybridized carbons (Fsp3) is 0.538. The Labute approximate surface area is 112 Å². The molecule has 1 aromatic rings. The van der Waals surface area contributed by atoms with Crippen molar-refractivity contribution >= 4 is 5.97 Å². The van der Waals surface area contributed by atoms with Crippen LogP contribution in [0.4, 0.5) is 0 Å². The SMILES string of the molecule is COc1cccnc1CN1CCOCC(C(=O)O)C1. The molecule has 1 aromatic heterocycles. The van der Waals surface area contributed by atoms with Crippen LogP contribution in [-0.4, -0.2) is 54.4 Å². The molecule has 104 valence electrons. The largest absolute Gasteiger partial charge is 0.495 e. The van der Waals surface area contributed by atoms with Crippen molar-refractivity contribution in [3.63, 3.8) is 0 Å². The molecule has 1 fully saturated rings. The number of aliphatic carboxylic acids is 1. The second kappa shape index (κ2) is 6.49. The Morgan fingerprint density at radius 2 is 2.53 bits per heavy atom. The number of aromatic nitrogens is 1. The molecule has 1 unspecified atom stereocenters. The molecule has 0 aromatic carbocycles. The molecule has 2 heterocycles. The number of hydrogen-bond acceptors (Lipinski definition) is 5. The first kappa shape index (κ1) is 13.8. The molecule has 1 aliphatic rings. The van der Waals surface area contributed by atoms with Crippen molar-refractivity contribution in [3.05, 3.63) is 24.0 Å². The minimum absolute atomic E-state index is 0.269. The van der Waals surface area contributed by atoms with Crippen LogP contribution in [0.3, 0.4) is 0 Å². The van der Waals surface area contributed by atoms with E-state index in [0.29, 0.717) is 26.2 Å². The number of nitrogens with zero attached hydrogens (tertiary/aromatic N) is 2. The molecule has 1 aliphatic heterocycles. The highest BCUT2D eigenvalue weighted by Gasteiger charge is 2.25. The summed E-state index contributed by atoms with van der Waals surface area (Å²) >= 11 is 0. The predicted octanol–water partition coefficient (Wildman–Crippen LogP) is 0.623. The molecule has 0 radical (unpaired) electrons. The number of pyridine rings is 1. The summed E-state index contributed by atoms with van der Waals surface area (Å²) in [6, 6.07) is 3.67. The lowest BCUT2D eigenvalue weighted by atomic mass is 10.1. The van der Waals surface area contributed by atoms with Crippen molar-refractivity contribution in [1.29, 1.82) is 0 Å². The van der Waals surface area contributed by atoms with Gasteiger partial charge >= 0.3 is 5.97 Å². The zero-order valence-corrected chi connectivity index (χ0v) is 10.9. The van der Waals surface area contributed by atoms with Crippen molar-refractivity contribution in [2.45, 2.75) is 6.54 Å². The first-order valence-electron chi connectivity index (χ1n) is 6.21. The molecule has 6 heteroatoms. The zero-order valence-electron chi connectivity index (χ0n) is 10.9. The van der Waals surface area contributed by atoms with Gasteiger partial charge in [-0.05, 0) is 12.1 Å². The van der Waals surface area contributed by atoms with E-state index in [4.69, 9.17) is 14.6 Å². The van der Waals surface area contributed by atoms with Gasteiger partial charge in [-0.15, -0.1) is 0 Å². The quantitative estimate of drug-likeness (QED) is 0.861. The van der Waals surface area contributed by atoms with Crippen molar-refractivity contribution in [1.82, 2.24) is 9.88 Å². The average Bonchev–Trinajstić information content (AvgIpc) is 2.65. The van der Waals surface area contributed by atoms with Gasteiger partial charge in [-0.25, -0.2) is 0 Å². The molecule has 1 saturated heterocycles. The molecule has 6 nitrogen and oxygen atoms in total. The van der Waals surface area contributed by atoms with Crippen LogP contribution in [0.2, 0.25) is 0 Å². The van der Waals surface area contributed by atoms with Gasteiger partial charge in [0.1, 0.15) is 5.75 Å². The molecule has 1 N–H and O–H groups in total. The van der Waals surface area contributed by atoms with E-state index in [0.717, 1.165) is 11.4 Å². The third-order valence-electron chi connectivity index (χ3n) is 3.14. The summed E-state index contributed by atoms with van der Waals surface area (Å²) in [5.74, 6) is -0.586. The van der Waals surface area contributed by atoms with Gasteiger partial charge in [0.25, 0.3) is 0 Å². The van der Waals surface area contributed by atoms with Crippen LogP contribution in [0.25, 0.3) is 0 Å². The van der Waals surface area contributed by atoms with E-state index in [1.54, 1.807) is 13.3 Å². The Hall–Kier alpha value is -1.66. The second-order valence-electron chi connectivity index (χ2n) is 4.50. The molecule has 0 spiro atoms. The molecule has 0 saturated carbocycles. The molecule has 0 aliphatic carbocycles. The van der Waals surface area contributed by atoms with E-state index in [1.165, 1.54) is 0 Å². The summed E-state index contributed by atoms with van der Waals surface area (Å²) in [4.78, 5) is 17.4. The van der Waals surface area contributed by atoms with E-state index in [-0.39, 0.29) is 6.61 Å². The Kier molecular flexibility index (Phi) is 4.70. The fourth-order valence-electron chi connectivity index (χ4n) is 2.11. The minimum Gasteiger partial charge on any atom is -0.495 e. The monoisotopic (exact) mass is 266 g/mol. The molecule has 1 atom stereocenters. The van der Waals surface area contributed by atoms with Gasteiger partial charge in [-0.1, -0.05) is 0 Å². The highest BCUT2D eigenvalue weighted by Crippen LogP contribution is 2.18. The maximum Gasteiger partial charge on any atom is 0.310 e. The number of carboxylic acid groups (broad SMARTS) is 1. The molecule has 2 rings (SSSR count). The van der Waals surface area contributed by atoms with Crippen LogP contribution in [-0.2, 0) is 16.1 Å². The zero-order chi connectivity index (χ0) is 13.7. The number of ether oxygens (including phenoxy) is 2. The van der Waals surface area contributed by atoms with Crippen LogP contribution >= 0.6 is 0 Å². The number of carbonyl (C=O) groups is 1. The van der Waals surface area contributed by atoms with Crippen LogP contribution in [0.5, 0.6) is 5.75 Å². The second-order valence-corrected chi connectivity index (χ2v) is 4.50. The van der Waals surface area contributed by atoms with Gasteiger partial charge < -0.3 is 14.6 Å². The Morgan fingerprint density at radius 3 is 3.26 bits per heavy atom. The topological polar surface area (TPSA) is 71.9 Å². The Morgan fingerprint density at radius 1 is 1.68 bits per heavy atom. The van der Waals surface area contributed by atoms with Gasteiger partial charge in [0.15, 0.2) is 0 Å². The summed E-state index contributed by atoms with van der Waals surface area (Å²) < 4.78 is 10.6.